The quantitative estimate of drug-likeness (QED) is 0.628. The number of hydrogen-bond donors (Lipinski definition) is 1. The third kappa shape index (κ3) is 9.11. The third-order valence-electron chi connectivity index (χ3n) is 2.38. The molecular weight excluding hydrogens is 246 g/mol. The highest BCUT2D eigenvalue weighted by Gasteiger charge is 2.23. The van der Waals surface area contributed by atoms with E-state index < -0.39 is 0 Å². The van der Waals surface area contributed by atoms with Crippen molar-refractivity contribution in [3.63, 3.8) is 0 Å². The molecule has 0 aromatic carbocycles. The molecule has 1 rings (SSSR count). The van der Waals surface area contributed by atoms with Gasteiger partial charge in [-0.15, -0.1) is 0 Å². The molecule has 0 amide bonds. The van der Waals surface area contributed by atoms with Crippen LogP contribution >= 0.6 is 0 Å². The summed E-state index contributed by atoms with van der Waals surface area (Å²) in [6.45, 7) is 12.8. The minimum Gasteiger partial charge on any atom is -0.466 e. The Bertz CT molecular complexity index is 307. The molecule has 19 heavy (non-hydrogen) atoms. The zero-order valence-corrected chi connectivity index (χ0v) is 12.3. The van der Waals surface area contributed by atoms with Gasteiger partial charge in [0.2, 0.25) is 0 Å². The summed E-state index contributed by atoms with van der Waals surface area (Å²) >= 11 is 0. The standard InChI is InChI=1S/C9H15NO2.C5H10O2/c1-3-12-9(11)8-4-5-10-7(2)6-8;1-5(2,3)7-4-6/h8,10H,2-6H2,1H3;4H,1-3H3. The topological polar surface area (TPSA) is 64.6 Å². The highest BCUT2D eigenvalue weighted by atomic mass is 16.5. The maximum absolute atomic E-state index is 11.3. The van der Waals surface area contributed by atoms with Crippen molar-refractivity contribution in [2.45, 2.75) is 46.1 Å². The van der Waals surface area contributed by atoms with Gasteiger partial charge in [-0.1, -0.05) is 6.58 Å². The van der Waals surface area contributed by atoms with Gasteiger partial charge in [0, 0.05) is 12.2 Å². The smallest absolute Gasteiger partial charge is 0.309 e. The van der Waals surface area contributed by atoms with Crippen molar-refractivity contribution < 1.29 is 19.1 Å². The largest absolute Gasteiger partial charge is 0.466 e. The van der Waals surface area contributed by atoms with Gasteiger partial charge in [-0.2, -0.15) is 0 Å². The Labute approximate surface area is 115 Å². The fraction of sp³-hybridized carbons (Fsp3) is 0.714. The van der Waals surface area contributed by atoms with Crippen LogP contribution in [0.2, 0.25) is 0 Å². The van der Waals surface area contributed by atoms with Gasteiger partial charge in [0.15, 0.2) is 0 Å². The molecule has 0 radical (unpaired) electrons. The summed E-state index contributed by atoms with van der Waals surface area (Å²) in [6, 6.07) is 0. The molecule has 5 heteroatoms. The van der Waals surface area contributed by atoms with Crippen molar-refractivity contribution in [1.82, 2.24) is 5.32 Å². The van der Waals surface area contributed by atoms with Gasteiger partial charge in [0.25, 0.3) is 6.47 Å². The van der Waals surface area contributed by atoms with Crippen molar-refractivity contribution in [3.05, 3.63) is 12.3 Å². The Morgan fingerprint density at radius 3 is 2.53 bits per heavy atom. The van der Waals surface area contributed by atoms with Crippen LogP contribution in [0.5, 0.6) is 0 Å². The molecule has 0 aromatic heterocycles. The number of piperidine rings is 1. The van der Waals surface area contributed by atoms with Crippen LogP contribution in [-0.4, -0.2) is 31.2 Å². The Balaban J connectivity index is 0.000000399. The highest BCUT2D eigenvalue weighted by molar-refractivity contribution is 5.72. The predicted octanol–water partition coefficient (Wildman–Crippen LogP) is 2.02. The first-order chi connectivity index (χ1) is 8.80. The SMILES string of the molecule is C=C1CC(C(=O)OCC)CCN1.CC(C)(C)OC=O. The normalized spacial score (nSPS) is 18.5. The summed E-state index contributed by atoms with van der Waals surface area (Å²) in [4.78, 5) is 20.9. The summed E-state index contributed by atoms with van der Waals surface area (Å²) in [7, 11) is 0. The van der Waals surface area contributed by atoms with E-state index in [0.29, 0.717) is 13.1 Å². The van der Waals surface area contributed by atoms with Gasteiger partial charge in [-0.25, -0.2) is 0 Å². The molecule has 0 spiro atoms. The van der Waals surface area contributed by atoms with Crippen molar-refractivity contribution >= 4 is 12.4 Å². The van der Waals surface area contributed by atoms with Gasteiger partial charge in [-0.3, -0.25) is 9.59 Å². The third-order valence-corrected chi connectivity index (χ3v) is 2.38. The molecule has 0 bridgehead atoms. The Morgan fingerprint density at radius 2 is 2.16 bits per heavy atom. The van der Waals surface area contributed by atoms with E-state index in [4.69, 9.17) is 4.74 Å². The van der Waals surface area contributed by atoms with Crippen LogP contribution in [-0.2, 0) is 19.1 Å². The molecule has 1 fully saturated rings. The first-order valence-electron chi connectivity index (χ1n) is 6.50. The second-order valence-electron chi connectivity index (χ2n) is 5.30. The molecular formula is C14H25NO4. The minimum absolute atomic E-state index is 0.0266. The first-order valence-corrected chi connectivity index (χ1v) is 6.50. The molecule has 1 aliphatic heterocycles. The summed E-state index contributed by atoms with van der Waals surface area (Å²) in [5.74, 6) is -0.0566. The van der Waals surface area contributed by atoms with Gasteiger partial charge < -0.3 is 14.8 Å². The average Bonchev–Trinajstić information content (AvgIpc) is 2.28. The molecule has 110 valence electrons. The molecule has 5 nitrogen and oxygen atoms in total. The van der Waals surface area contributed by atoms with Crippen molar-refractivity contribution in [1.29, 1.82) is 0 Å². The molecule has 1 N–H and O–H groups in total. The minimum atomic E-state index is -0.318. The zero-order chi connectivity index (χ0) is 14.9. The summed E-state index contributed by atoms with van der Waals surface area (Å²) in [5, 5.41) is 3.11. The molecule has 0 aromatic rings. The van der Waals surface area contributed by atoms with Crippen LogP contribution in [0.25, 0.3) is 0 Å². The Morgan fingerprint density at radius 1 is 1.53 bits per heavy atom. The number of allylic oxidation sites excluding steroid dienone is 1. The molecule has 1 saturated heterocycles. The summed E-state index contributed by atoms with van der Waals surface area (Å²) < 4.78 is 9.47. The van der Waals surface area contributed by atoms with E-state index in [2.05, 4.69) is 16.6 Å². The Hall–Kier alpha value is -1.52. The lowest BCUT2D eigenvalue weighted by molar-refractivity contribution is -0.148. The predicted molar refractivity (Wildman–Crippen MR) is 73.4 cm³/mol. The molecule has 1 heterocycles. The van der Waals surface area contributed by atoms with E-state index in [1.54, 1.807) is 0 Å². The second kappa shape index (κ2) is 8.56. The lowest BCUT2D eigenvalue weighted by Gasteiger charge is -2.23. The number of rotatable bonds is 3. The number of carbonyl (C=O) groups is 2. The lowest BCUT2D eigenvalue weighted by atomic mass is 9.96. The molecule has 0 aliphatic carbocycles. The number of esters is 1. The maximum atomic E-state index is 11.3. The average molecular weight is 271 g/mol. The van der Waals surface area contributed by atoms with Crippen molar-refractivity contribution in [3.8, 4) is 0 Å². The fourth-order valence-electron chi connectivity index (χ4n) is 1.50. The number of hydrogen-bond acceptors (Lipinski definition) is 5. The summed E-state index contributed by atoms with van der Waals surface area (Å²) in [5.41, 5.74) is 0.626. The van der Waals surface area contributed by atoms with Crippen LogP contribution in [0.1, 0.15) is 40.5 Å². The van der Waals surface area contributed by atoms with Crippen LogP contribution in [0, 0.1) is 5.92 Å². The second-order valence-corrected chi connectivity index (χ2v) is 5.30. The molecule has 0 saturated carbocycles. The number of nitrogens with one attached hydrogen (secondary N) is 1. The van der Waals surface area contributed by atoms with Gasteiger partial charge in [0.1, 0.15) is 5.60 Å². The molecule has 1 unspecified atom stereocenters. The van der Waals surface area contributed by atoms with Gasteiger partial charge in [0.05, 0.1) is 12.5 Å². The summed E-state index contributed by atoms with van der Waals surface area (Å²) in [6.07, 6.45) is 1.58. The van der Waals surface area contributed by atoms with Crippen molar-refractivity contribution in [2.24, 2.45) is 5.92 Å². The highest BCUT2D eigenvalue weighted by Crippen LogP contribution is 2.18. The lowest BCUT2D eigenvalue weighted by Crippen LogP contribution is -2.30. The van der Waals surface area contributed by atoms with Crippen LogP contribution in [0.15, 0.2) is 12.3 Å². The van der Waals surface area contributed by atoms with Crippen LogP contribution < -0.4 is 5.32 Å². The van der Waals surface area contributed by atoms with Gasteiger partial charge >= 0.3 is 5.97 Å². The van der Waals surface area contributed by atoms with E-state index in [1.165, 1.54) is 0 Å². The van der Waals surface area contributed by atoms with Gasteiger partial charge in [-0.05, 0) is 40.5 Å². The fourth-order valence-corrected chi connectivity index (χ4v) is 1.50. The van der Waals surface area contributed by atoms with Crippen LogP contribution in [0.4, 0.5) is 0 Å². The van der Waals surface area contributed by atoms with Crippen molar-refractivity contribution in [2.75, 3.05) is 13.2 Å². The van der Waals surface area contributed by atoms with E-state index >= 15 is 0 Å². The van der Waals surface area contributed by atoms with E-state index in [9.17, 15) is 9.59 Å². The monoisotopic (exact) mass is 271 g/mol. The van der Waals surface area contributed by atoms with E-state index in [-0.39, 0.29) is 17.5 Å². The zero-order valence-electron chi connectivity index (χ0n) is 12.3. The van der Waals surface area contributed by atoms with E-state index in [1.807, 2.05) is 27.7 Å². The number of ether oxygens (including phenoxy) is 2. The maximum Gasteiger partial charge on any atom is 0.309 e. The first kappa shape index (κ1) is 17.5. The van der Waals surface area contributed by atoms with Crippen LogP contribution in [0.3, 0.4) is 0 Å². The Kier molecular flexibility index (Phi) is 7.87. The molecule has 1 atom stereocenters. The van der Waals surface area contributed by atoms with E-state index in [0.717, 1.165) is 25.1 Å². The molecule has 1 aliphatic rings. The number of carbonyl (C=O) groups excluding carboxylic acids is 2.